The van der Waals surface area contributed by atoms with Gasteiger partial charge < -0.3 is 0 Å². The second kappa shape index (κ2) is 3.76. The molecule has 0 aliphatic carbocycles. The molecule has 0 spiro atoms. The van der Waals surface area contributed by atoms with Gasteiger partial charge in [0.05, 0.1) is 0 Å². The fourth-order valence-electron chi connectivity index (χ4n) is 1.40. The number of hydrogen-bond acceptors (Lipinski definition) is 0. The van der Waals surface area contributed by atoms with Gasteiger partial charge in [-0.15, -0.1) is 33.2 Å². The molecule has 1 aliphatic rings. The molecule has 0 unspecified atom stereocenters. The van der Waals surface area contributed by atoms with Crippen LogP contribution in [-0.4, -0.2) is 12.4 Å². The van der Waals surface area contributed by atoms with Gasteiger partial charge in [-0.05, 0) is 12.1 Å². The molecule has 1 saturated heterocycles. The maximum absolute atomic E-state index is 6.36. The summed E-state index contributed by atoms with van der Waals surface area (Å²) in [7, 11) is 0. The average molecular weight is 268 g/mol. The van der Waals surface area contributed by atoms with Gasteiger partial charge in [0.2, 0.25) is 0 Å². The molecule has 1 aliphatic heterocycles. The van der Waals surface area contributed by atoms with Gasteiger partial charge in [0.1, 0.15) is 0 Å². The van der Waals surface area contributed by atoms with Gasteiger partial charge in [0.25, 0.3) is 0 Å². The van der Waals surface area contributed by atoms with Crippen LogP contribution in [0.3, 0.4) is 0 Å². The molecular weight excluding hydrogens is 258 g/mol. The van der Waals surface area contributed by atoms with Gasteiger partial charge in [-0.25, -0.2) is 0 Å². The van der Waals surface area contributed by atoms with E-state index in [2.05, 4.69) is 0 Å². The van der Waals surface area contributed by atoms with Crippen LogP contribution in [-0.2, 0) is 0 Å². The molecule has 0 N–H and O–H groups in total. The van der Waals surface area contributed by atoms with Crippen LogP contribution in [0.1, 0.15) is 19.3 Å². The average Bonchev–Trinajstić information content (AvgIpc) is 1.87. The Balaban J connectivity index is 2.64. The third kappa shape index (κ3) is 2.52. The molecule has 66 valence electrons. The smallest absolute Gasteiger partial charge is 0.166 e. The molecule has 6 heteroatoms. The van der Waals surface area contributed by atoms with E-state index in [1.165, 1.54) is 6.42 Å². The molecule has 0 aromatic rings. The maximum Gasteiger partial charge on any atom is 0.341 e. The van der Waals surface area contributed by atoms with E-state index in [1.54, 1.807) is 0 Å². The zero-order chi connectivity index (χ0) is 8.54. The van der Waals surface area contributed by atoms with E-state index < -0.39 is 12.4 Å². The van der Waals surface area contributed by atoms with E-state index in [-0.39, 0.29) is 0 Å². The van der Waals surface area contributed by atoms with Crippen molar-refractivity contribution in [3.63, 3.8) is 0 Å². The van der Waals surface area contributed by atoms with Crippen molar-refractivity contribution in [3.05, 3.63) is 0 Å². The molecule has 0 bridgehead atoms. The zero-order valence-corrected chi connectivity index (χ0v) is 11.1. The predicted molar refractivity (Wildman–Crippen MR) is 58.4 cm³/mol. The summed E-state index contributed by atoms with van der Waals surface area (Å²) in [5.74, 6) is 0. The van der Waals surface area contributed by atoms with Crippen LogP contribution in [0.2, 0.25) is 12.1 Å². The first-order chi connectivity index (χ1) is 4.96. The lowest BCUT2D eigenvalue weighted by molar-refractivity contribution is 0.727. The van der Waals surface area contributed by atoms with Crippen molar-refractivity contribution in [2.75, 3.05) is 0 Å². The van der Waals surface area contributed by atoms with E-state index >= 15 is 0 Å². The van der Waals surface area contributed by atoms with Gasteiger partial charge in [-0.2, -0.15) is 11.1 Å². The Hall–Kier alpha value is 1.59. The van der Waals surface area contributed by atoms with Crippen molar-refractivity contribution >= 4 is 56.7 Å². The molecular formula is C5H10Cl4Si2. The lowest BCUT2D eigenvalue weighted by atomic mass is 10.3. The first-order valence-corrected chi connectivity index (χ1v) is 13.2. The minimum absolute atomic E-state index is 1.01. The summed E-state index contributed by atoms with van der Waals surface area (Å²) in [6.45, 7) is -1.93. The molecule has 0 saturated carbocycles. The van der Waals surface area contributed by atoms with E-state index in [0.29, 0.717) is 0 Å². The second-order valence-electron chi connectivity index (χ2n) is 3.02. The molecule has 0 nitrogen and oxygen atoms in total. The first-order valence-electron chi connectivity index (χ1n) is 3.71. The highest BCUT2D eigenvalue weighted by Crippen LogP contribution is 2.44. The molecule has 1 heterocycles. The number of rotatable bonds is 1. The molecule has 1 fully saturated rings. The number of hydrogen-bond donors (Lipinski definition) is 0. The highest BCUT2D eigenvalue weighted by atomic mass is 35.9. The lowest BCUT2D eigenvalue weighted by Crippen LogP contribution is -2.48. The number of halogens is 4. The van der Waals surface area contributed by atoms with Crippen LogP contribution < -0.4 is 0 Å². The van der Waals surface area contributed by atoms with Crippen molar-refractivity contribution in [3.8, 4) is 0 Å². The predicted octanol–water partition coefficient (Wildman–Crippen LogP) is 4.09. The van der Waals surface area contributed by atoms with Gasteiger partial charge in [0, 0.05) is 0 Å². The Kier molecular flexibility index (Phi) is 3.65. The molecule has 0 radical (unpaired) electrons. The quantitative estimate of drug-likeness (QED) is 0.496. The second-order valence-corrected chi connectivity index (χ2v) is 24.9. The molecule has 0 aromatic heterocycles. The van der Waals surface area contributed by atoms with Crippen molar-refractivity contribution in [1.82, 2.24) is 0 Å². The molecule has 0 atom stereocenters. The summed E-state index contributed by atoms with van der Waals surface area (Å²) in [6, 6.07) is 2.02. The van der Waals surface area contributed by atoms with Crippen molar-refractivity contribution in [2.45, 2.75) is 31.4 Å². The monoisotopic (exact) mass is 266 g/mol. The van der Waals surface area contributed by atoms with Gasteiger partial charge >= 0.3 is 5.52 Å². The SMILES string of the molecule is Cl[Si](Cl)(Cl)[Si]1(Cl)CCCCC1. The van der Waals surface area contributed by atoms with Crippen LogP contribution in [0, 0.1) is 0 Å². The van der Waals surface area contributed by atoms with Crippen molar-refractivity contribution in [2.24, 2.45) is 0 Å². The van der Waals surface area contributed by atoms with Crippen LogP contribution in [0.4, 0.5) is 0 Å². The van der Waals surface area contributed by atoms with E-state index in [4.69, 9.17) is 44.3 Å². The summed E-state index contributed by atoms with van der Waals surface area (Å²) < 4.78 is 0. The Labute approximate surface area is 87.8 Å². The van der Waals surface area contributed by atoms with Gasteiger partial charge in [-0.3, -0.25) is 0 Å². The van der Waals surface area contributed by atoms with E-state index in [0.717, 1.165) is 24.9 Å². The van der Waals surface area contributed by atoms with E-state index in [1.807, 2.05) is 0 Å². The Morgan fingerprint density at radius 2 is 1.36 bits per heavy atom. The van der Waals surface area contributed by atoms with Crippen LogP contribution in [0.5, 0.6) is 0 Å². The largest absolute Gasteiger partial charge is 0.341 e. The van der Waals surface area contributed by atoms with E-state index in [9.17, 15) is 0 Å². The highest BCUT2D eigenvalue weighted by molar-refractivity contribution is 7.95. The summed E-state index contributed by atoms with van der Waals surface area (Å²) >= 11 is 24.2. The third-order valence-corrected chi connectivity index (χ3v) is 26.1. The Morgan fingerprint density at radius 1 is 0.909 bits per heavy atom. The standard InChI is InChI=1S/C5H10Cl4Si2/c6-10(11(7,8)9)4-2-1-3-5-10/h1-5H2. The molecule has 0 amide bonds. The molecule has 11 heavy (non-hydrogen) atoms. The molecule has 0 aromatic carbocycles. The summed E-state index contributed by atoms with van der Waals surface area (Å²) in [5.41, 5.74) is -2.56. The van der Waals surface area contributed by atoms with Gasteiger partial charge in [0.15, 0.2) is 6.90 Å². The molecule has 1 rings (SSSR count). The minimum Gasteiger partial charge on any atom is -0.166 e. The summed E-state index contributed by atoms with van der Waals surface area (Å²) in [4.78, 5) is 0. The minimum atomic E-state index is -2.56. The van der Waals surface area contributed by atoms with Crippen LogP contribution in [0.15, 0.2) is 0 Å². The third-order valence-electron chi connectivity index (χ3n) is 2.15. The highest BCUT2D eigenvalue weighted by Gasteiger charge is 2.53. The first kappa shape index (κ1) is 10.7. The fourth-order valence-corrected chi connectivity index (χ4v) is 12.5. The summed E-state index contributed by atoms with van der Waals surface area (Å²) in [6.07, 6.45) is 3.59. The van der Waals surface area contributed by atoms with Crippen LogP contribution in [0.25, 0.3) is 0 Å². The van der Waals surface area contributed by atoms with Crippen molar-refractivity contribution in [1.29, 1.82) is 0 Å². The zero-order valence-electron chi connectivity index (χ0n) is 6.05. The normalized spacial score (nSPS) is 25.1. The topological polar surface area (TPSA) is 0 Å². The fraction of sp³-hybridized carbons (Fsp3) is 1.00. The Bertz CT molecular complexity index is 138. The van der Waals surface area contributed by atoms with Gasteiger partial charge in [-0.1, -0.05) is 19.3 Å². The van der Waals surface area contributed by atoms with Crippen molar-refractivity contribution < 1.29 is 0 Å². The summed E-state index contributed by atoms with van der Waals surface area (Å²) in [5, 5.41) is 0. The lowest BCUT2D eigenvalue weighted by Gasteiger charge is -2.32. The Morgan fingerprint density at radius 3 is 1.64 bits per heavy atom. The maximum atomic E-state index is 6.36. The van der Waals surface area contributed by atoms with Crippen LogP contribution >= 0.6 is 44.3 Å².